The van der Waals surface area contributed by atoms with Crippen LogP contribution in [0.4, 0.5) is 4.39 Å². The molecule has 0 fully saturated rings. The highest BCUT2D eigenvalue weighted by atomic mass is 35.5. The van der Waals surface area contributed by atoms with Crippen molar-refractivity contribution >= 4 is 35.1 Å². The monoisotopic (exact) mass is 321 g/mol. The maximum atomic E-state index is 13.4. The molecule has 0 aliphatic heterocycles. The standard InChI is InChI=1S/C13H14Cl2FNO3/c1-13(2,3)10(12(19)20)17-11(18)6-4-9(16)8(15)5-7(6)14/h4-5,10H,1-3H3,(H,17,18)(H,19,20)/t10-/m1/s1. The van der Waals surface area contributed by atoms with E-state index in [9.17, 15) is 14.0 Å². The van der Waals surface area contributed by atoms with Crippen LogP contribution in [-0.4, -0.2) is 23.0 Å². The molecule has 0 aliphatic rings. The first-order valence-corrected chi connectivity index (χ1v) is 6.48. The Morgan fingerprint density at radius 2 is 1.80 bits per heavy atom. The van der Waals surface area contributed by atoms with Crippen molar-refractivity contribution in [3.8, 4) is 0 Å². The second-order valence-electron chi connectivity index (χ2n) is 5.36. The number of rotatable bonds is 3. The number of halogens is 3. The third kappa shape index (κ3) is 3.84. The Labute approximate surface area is 125 Å². The van der Waals surface area contributed by atoms with Gasteiger partial charge in [0.25, 0.3) is 5.91 Å². The fraction of sp³-hybridized carbons (Fsp3) is 0.385. The lowest BCUT2D eigenvalue weighted by Crippen LogP contribution is -2.49. The van der Waals surface area contributed by atoms with E-state index in [0.29, 0.717) is 0 Å². The van der Waals surface area contributed by atoms with Crippen molar-refractivity contribution in [1.29, 1.82) is 0 Å². The molecule has 0 saturated carbocycles. The van der Waals surface area contributed by atoms with Crippen LogP contribution in [0.25, 0.3) is 0 Å². The predicted molar refractivity (Wildman–Crippen MR) is 74.8 cm³/mol. The van der Waals surface area contributed by atoms with Gasteiger partial charge in [0.15, 0.2) is 0 Å². The molecule has 0 heterocycles. The molecule has 0 radical (unpaired) electrons. The molecule has 0 aromatic heterocycles. The van der Waals surface area contributed by atoms with Gasteiger partial charge in [-0.1, -0.05) is 44.0 Å². The number of nitrogens with one attached hydrogen (secondary N) is 1. The summed E-state index contributed by atoms with van der Waals surface area (Å²) in [6.07, 6.45) is 0. The van der Waals surface area contributed by atoms with E-state index >= 15 is 0 Å². The van der Waals surface area contributed by atoms with Gasteiger partial charge in [-0.2, -0.15) is 0 Å². The van der Waals surface area contributed by atoms with Crippen molar-refractivity contribution in [2.45, 2.75) is 26.8 Å². The summed E-state index contributed by atoms with van der Waals surface area (Å²) < 4.78 is 13.4. The number of benzene rings is 1. The number of aliphatic carboxylic acids is 1. The van der Waals surface area contributed by atoms with Crippen molar-refractivity contribution in [3.63, 3.8) is 0 Å². The van der Waals surface area contributed by atoms with Crippen LogP contribution in [0.15, 0.2) is 12.1 Å². The van der Waals surface area contributed by atoms with Gasteiger partial charge in [-0.3, -0.25) is 4.79 Å². The first-order chi connectivity index (χ1) is 9.04. The second kappa shape index (κ2) is 5.97. The molecule has 1 atom stereocenters. The van der Waals surface area contributed by atoms with Crippen molar-refractivity contribution in [2.24, 2.45) is 5.41 Å². The lowest BCUT2D eigenvalue weighted by atomic mass is 9.86. The molecule has 0 aliphatic carbocycles. The quantitative estimate of drug-likeness (QED) is 0.839. The summed E-state index contributed by atoms with van der Waals surface area (Å²) in [5, 5.41) is 11.2. The maximum Gasteiger partial charge on any atom is 0.326 e. The largest absolute Gasteiger partial charge is 0.480 e. The van der Waals surface area contributed by atoms with Gasteiger partial charge in [0.2, 0.25) is 0 Å². The summed E-state index contributed by atoms with van der Waals surface area (Å²) in [4.78, 5) is 23.2. The summed E-state index contributed by atoms with van der Waals surface area (Å²) in [6.45, 7) is 4.99. The Morgan fingerprint density at radius 1 is 1.25 bits per heavy atom. The number of amides is 1. The van der Waals surface area contributed by atoms with Crippen LogP contribution in [0, 0.1) is 11.2 Å². The average Bonchev–Trinajstić information content (AvgIpc) is 2.28. The lowest BCUT2D eigenvalue weighted by molar-refractivity contribution is -0.142. The van der Waals surface area contributed by atoms with Crippen LogP contribution in [0.1, 0.15) is 31.1 Å². The van der Waals surface area contributed by atoms with Crippen LogP contribution >= 0.6 is 23.2 Å². The van der Waals surface area contributed by atoms with Gasteiger partial charge in [-0.25, -0.2) is 9.18 Å². The average molecular weight is 322 g/mol. The summed E-state index contributed by atoms with van der Waals surface area (Å²) in [7, 11) is 0. The van der Waals surface area contributed by atoms with Crippen molar-refractivity contribution in [3.05, 3.63) is 33.6 Å². The first-order valence-electron chi connectivity index (χ1n) is 5.72. The highest BCUT2D eigenvalue weighted by Gasteiger charge is 2.33. The summed E-state index contributed by atoms with van der Waals surface area (Å²) in [5.74, 6) is -2.76. The highest BCUT2D eigenvalue weighted by Crippen LogP contribution is 2.25. The van der Waals surface area contributed by atoms with E-state index in [2.05, 4.69) is 5.32 Å². The van der Waals surface area contributed by atoms with Gasteiger partial charge >= 0.3 is 5.97 Å². The van der Waals surface area contributed by atoms with E-state index in [1.807, 2.05) is 0 Å². The third-order valence-corrected chi connectivity index (χ3v) is 3.25. The zero-order valence-electron chi connectivity index (χ0n) is 11.1. The maximum absolute atomic E-state index is 13.4. The Morgan fingerprint density at radius 3 is 2.25 bits per heavy atom. The van der Waals surface area contributed by atoms with Gasteiger partial charge in [0.1, 0.15) is 11.9 Å². The molecule has 1 amide bonds. The second-order valence-corrected chi connectivity index (χ2v) is 6.17. The van der Waals surface area contributed by atoms with Crippen LogP contribution in [0.2, 0.25) is 10.0 Å². The molecular formula is C13H14Cl2FNO3. The Hall–Kier alpha value is -1.33. The van der Waals surface area contributed by atoms with Gasteiger partial charge in [0, 0.05) is 0 Å². The van der Waals surface area contributed by atoms with Gasteiger partial charge in [-0.15, -0.1) is 0 Å². The number of carbonyl (C=O) groups is 2. The van der Waals surface area contributed by atoms with Gasteiger partial charge < -0.3 is 10.4 Å². The van der Waals surface area contributed by atoms with Crippen molar-refractivity contribution < 1.29 is 19.1 Å². The molecule has 4 nitrogen and oxygen atoms in total. The summed E-state index contributed by atoms with van der Waals surface area (Å²) in [6, 6.07) is 0.840. The van der Waals surface area contributed by atoms with Crippen LogP contribution < -0.4 is 5.32 Å². The topological polar surface area (TPSA) is 66.4 Å². The molecule has 7 heteroatoms. The molecule has 1 aromatic carbocycles. The number of hydrogen-bond acceptors (Lipinski definition) is 2. The smallest absolute Gasteiger partial charge is 0.326 e. The van der Waals surface area contributed by atoms with Crippen LogP contribution in [-0.2, 0) is 4.79 Å². The third-order valence-electron chi connectivity index (χ3n) is 2.64. The van der Waals surface area contributed by atoms with Gasteiger partial charge in [0.05, 0.1) is 15.6 Å². The first kappa shape index (κ1) is 16.7. The van der Waals surface area contributed by atoms with E-state index in [0.717, 1.165) is 12.1 Å². The Balaban J connectivity index is 3.07. The summed E-state index contributed by atoms with van der Waals surface area (Å²) >= 11 is 11.3. The van der Waals surface area contributed by atoms with E-state index in [-0.39, 0.29) is 15.6 Å². The molecule has 1 aromatic rings. The molecule has 20 heavy (non-hydrogen) atoms. The molecule has 0 bridgehead atoms. The van der Waals surface area contributed by atoms with Crippen molar-refractivity contribution in [2.75, 3.05) is 0 Å². The molecular weight excluding hydrogens is 308 g/mol. The summed E-state index contributed by atoms with van der Waals surface area (Å²) in [5.41, 5.74) is -0.872. The molecule has 1 rings (SSSR count). The fourth-order valence-electron chi connectivity index (χ4n) is 1.55. The Bertz CT molecular complexity index is 555. The van der Waals surface area contributed by atoms with Gasteiger partial charge in [-0.05, 0) is 17.5 Å². The number of carboxylic acid groups (broad SMARTS) is 1. The van der Waals surface area contributed by atoms with Crippen LogP contribution in [0.3, 0.4) is 0 Å². The predicted octanol–water partition coefficient (Wildman–Crippen LogP) is 3.36. The normalized spacial score (nSPS) is 12.9. The van der Waals surface area contributed by atoms with E-state index in [1.165, 1.54) is 0 Å². The molecule has 0 spiro atoms. The van der Waals surface area contributed by atoms with E-state index in [1.54, 1.807) is 20.8 Å². The van der Waals surface area contributed by atoms with E-state index < -0.39 is 29.2 Å². The number of carbonyl (C=O) groups excluding carboxylic acids is 1. The van der Waals surface area contributed by atoms with Crippen LogP contribution in [0.5, 0.6) is 0 Å². The van der Waals surface area contributed by atoms with E-state index in [4.69, 9.17) is 28.3 Å². The molecule has 0 unspecified atom stereocenters. The Kier molecular flexibility index (Phi) is 5.00. The minimum atomic E-state index is -1.18. The fourth-order valence-corrected chi connectivity index (χ4v) is 2.02. The molecule has 2 N–H and O–H groups in total. The SMILES string of the molecule is CC(C)(C)[C@H](NC(=O)c1cc(F)c(Cl)cc1Cl)C(=O)O. The van der Waals surface area contributed by atoms with Crippen molar-refractivity contribution in [1.82, 2.24) is 5.32 Å². The lowest BCUT2D eigenvalue weighted by Gasteiger charge is -2.27. The number of carboxylic acids is 1. The minimum Gasteiger partial charge on any atom is -0.480 e. The molecule has 0 saturated heterocycles. The zero-order chi connectivity index (χ0) is 15.7. The minimum absolute atomic E-state index is 0.0491. The zero-order valence-corrected chi connectivity index (χ0v) is 12.6. The highest BCUT2D eigenvalue weighted by molar-refractivity contribution is 6.36. The number of hydrogen-bond donors (Lipinski definition) is 2. The molecule has 110 valence electrons.